The molecule has 0 aliphatic rings. The van der Waals surface area contributed by atoms with Crippen LogP contribution in [-0.2, 0) is 9.09 Å². The maximum absolute atomic E-state index is 11.3. The molecule has 0 aromatic rings. The summed E-state index contributed by atoms with van der Waals surface area (Å²) in [5, 5.41) is 0. The Morgan fingerprint density at radius 3 is 2.70 bits per heavy atom. The van der Waals surface area contributed by atoms with Gasteiger partial charge in [0.1, 0.15) is 0 Å². The van der Waals surface area contributed by atoms with Crippen molar-refractivity contribution in [3.63, 3.8) is 0 Å². The zero-order chi connectivity index (χ0) is 8.04. The lowest BCUT2D eigenvalue weighted by atomic mass is 10.5. The van der Waals surface area contributed by atoms with E-state index in [-0.39, 0.29) is 0 Å². The van der Waals surface area contributed by atoms with Crippen molar-refractivity contribution >= 4 is 7.37 Å². The SMILES string of the molecule is C=CCCP(C)(=O)OCC. The normalized spacial score (nSPS) is 16.2. The predicted octanol–water partition coefficient (Wildman–Crippen LogP) is 2.51. The van der Waals surface area contributed by atoms with Crippen molar-refractivity contribution in [3.05, 3.63) is 12.7 Å². The summed E-state index contributed by atoms with van der Waals surface area (Å²) in [5.74, 6) is 0. The van der Waals surface area contributed by atoms with Crippen molar-refractivity contribution in [1.82, 2.24) is 0 Å². The van der Waals surface area contributed by atoms with Crippen LogP contribution in [0.4, 0.5) is 0 Å². The molecule has 3 heteroatoms. The van der Waals surface area contributed by atoms with Gasteiger partial charge in [0.15, 0.2) is 7.37 Å². The fourth-order valence-electron chi connectivity index (χ4n) is 0.663. The van der Waals surface area contributed by atoms with E-state index < -0.39 is 7.37 Å². The molecule has 0 bridgehead atoms. The standard InChI is InChI=1S/C7H15O2P/c1-4-6-7-10(3,8)9-5-2/h4H,1,5-7H2,2-3H3. The Kier molecular flexibility index (Phi) is 4.67. The van der Waals surface area contributed by atoms with Crippen LogP contribution in [0, 0.1) is 0 Å². The van der Waals surface area contributed by atoms with Crippen LogP contribution in [0.15, 0.2) is 12.7 Å². The molecule has 0 amide bonds. The van der Waals surface area contributed by atoms with Crippen LogP contribution >= 0.6 is 7.37 Å². The van der Waals surface area contributed by atoms with Gasteiger partial charge in [-0.2, -0.15) is 0 Å². The monoisotopic (exact) mass is 162 g/mol. The number of rotatable bonds is 5. The van der Waals surface area contributed by atoms with E-state index in [9.17, 15) is 4.57 Å². The van der Waals surface area contributed by atoms with E-state index in [1.54, 1.807) is 12.7 Å². The van der Waals surface area contributed by atoms with Crippen LogP contribution in [0.1, 0.15) is 13.3 Å². The average molecular weight is 162 g/mol. The molecule has 2 nitrogen and oxygen atoms in total. The van der Waals surface area contributed by atoms with Crippen LogP contribution in [0.5, 0.6) is 0 Å². The lowest BCUT2D eigenvalue weighted by molar-refractivity contribution is 0.337. The minimum Gasteiger partial charge on any atom is -0.329 e. The second-order valence-corrected chi connectivity index (χ2v) is 4.97. The summed E-state index contributed by atoms with van der Waals surface area (Å²) in [6.45, 7) is 7.60. The van der Waals surface area contributed by atoms with E-state index >= 15 is 0 Å². The molecule has 0 radical (unpaired) electrons. The van der Waals surface area contributed by atoms with Crippen molar-refractivity contribution in [3.8, 4) is 0 Å². The summed E-state index contributed by atoms with van der Waals surface area (Å²) < 4.78 is 16.3. The number of allylic oxidation sites excluding steroid dienone is 1. The maximum Gasteiger partial charge on any atom is 0.200 e. The van der Waals surface area contributed by atoms with Crippen LogP contribution < -0.4 is 0 Å². The Morgan fingerprint density at radius 1 is 1.70 bits per heavy atom. The van der Waals surface area contributed by atoms with E-state index in [0.717, 1.165) is 6.42 Å². The van der Waals surface area contributed by atoms with Gasteiger partial charge in [-0.05, 0) is 13.3 Å². The van der Waals surface area contributed by atoms with Crippen LogP contribution in [0.2, 0.25) is 0 Å². The van der Waals surface area contributed by atoms with Gasteiger partial charge in [0, 0.05) is 12.8 Å². The van der Waals surface area contributed by atoms with Gasteiger partial charge in [0.05, 0.1) is 6.61 Å². The third-order valence-electron chi connectivity index (χ3n) is 1.14. The Labute approximate surface area is 62.7 Å². The van der Waals surface area contributed by atoms with Gasteiger partial charge in [0.2, 0.25) is 0 Å². The molecule has 60 valence electrons. The van der Waals surface area contributed by atoms with Crippen LogP contribution in [0.3, 0.4) is 0 Å². The highest BCUT2D eigenvalue weighted by atomic mass is 31.2. The number of hydrogen-bond donors (Lipinski definition) is 0. The van der Waals surface area contributed by atoms with E-state index in [4.69, 9.17) is 4.52 Å². The minimum absolute atomic E-state index is 0.533. The minimum atomic E-state index is -2.28. The Balaban J connectivity index is 3.63. The summed E-state index contributed by atoms with van der Waals surface area (Å²) in [5.41, 5.74) is 0. The fourth-order valence-corrected chi connectivity index (χ4v) is 1.99. The molecule has 0 rings (SSSR count). The molecule has 0 aromatic carbocycles. The lowest BCUT2D eigenvalue weighted by Crippen LogP contribution is -1.92. The molecule has 0 saturated heterocycles. The third kappa shape index (κ3) is 4.78. The summed E-state index contributed by atoms with van der Waals surface area (Å²) in [6, 6.07) is 0. The highest BCUT2D eigenvalue weighted by Crippen LogP contribution is 2.42. The second-order valence-electron chi connectivity index (χ2n) is 2.23. The second kappa shape index (κ2) is 4.70. The first kappa shape index (κ1) is 9.93. The van der Waals surface area contributed by atoms with E-state index in [1.165, 1.54) is 0 Å². The first-order chi connectivity index (χ1) is 4.62. The molecule has 0 fully saturated rings. The maximum atomic E-state index is 11.3. The van der Waals surface area contributed by atoms with E-state index in [2.05, 4.69) is 6.58 Å². The first-order valence-corrected chi connectivity index (χ1v) is 5.70. The fraction of sp³-hybridized carbons (Fsp3) is 0.714. The van der Waals surface area contributed by atoms with Gasteiger partial charge in [-0.15, -0.1) is 6.58 Å². The quantitative estimate of drug-likeness (QED) is 0.458. The molecule has 0 aliphatic heterocycles. The molecule has 0 saturated carbocycles. The predicted molar refractivity (Wildman–Crippen MR) is 44.8 cm³/mol. The van der Waals surface area contributed by atoms with Gasteiger partial charge in [0.25, 0.3) is 0 Å². The smallest absolute Gasteiger partial charge is 0.200 e. The van der Waals surface area contributed by atoms with Crippen molar-refractivity contribution < 1.29 is 9.09 Å². The first-order valence-electron chi connectivity index (χ1n) is 3.44. The zero-order valence-corrected chi connectivity index (χ0v) is 7.56. The molecular weight excluding hydrogens is 147 g/mol. The van der Waals surface area contributed by atoms with Gasteiger partial charge >= 0.3 is 0 Å². The summed E-state index contributed by atoms with van der Waals surface area (Å²) in [6.07, 6.45) is 3.15. The van der Waals surface area contributed by atoms with E-state index in [1.807, 2.05) is 6.92 Å². The average Bonchev–Trinajstić information content (AvgIpc) is 1.84. The Morgan fingerprint density at radius 2 is 2.30 bits per heavy atom. The highest BCUT2D eigenvalue weighted by Gasteiger charge is 2.12. The molecule has 1 atom stereocenters. The molecule has 0 spiro atoms. The Hall–Kier alpha value is -0.0700. The van der Waals surface area contributed by atoms with Gasteiger partial charge in [-0.1, -0.05) is 6.08 Å². The summed E-state index contributed by atoms with van der Waals surface area (Å²) in [7, 11) is -2.28. The summed E-state index contributed by atoms with van der Waals surface area (Å²) >= 11 is 0. The van der Waals surface area contributed by atoms with Crippen molar-refractivity contribution in [2.75, 3.05) is 19.4 Å². The summed E-state index contributed by atoms with van der Waals surface area (Å²) in [4.78, 5) is 0. The van der Waals surface area contributed by atoms with Gasteiger partial charge < -0.3 is 4.52 Å². The molecule has 0 heterocycles. The molecular formula is C7H15O2P. The molecule has 0 N–H and O–H groups in total. The number of hydrogen-bond acceptors (Lipinski definition) is 2. The molecule has 0 aliphatic carbocycles. The van der Waals surface area contributed by atoms with Crippen LogP contribution in [0.25, 0.3) is 0 Å². The molecule has 0 aromatic heterocycles. The van der Waals surface area contributed by atoms with E-state index in [0.29, 0.717) is 12.8 Å². The zero-order valence-electron chi connectivity index (χ0n) is 6.67. The topological polar surface area (TPSA) is 26.3 Å². The van der Waals surface area contributed by atoms with Crippen LogP contribution in [-0.4, -0.2) is 19.4 Å². The molecule has 10 heavy (non-hydrogen) atoms. The lowest BCUT2D eigenvalue weighted by Gasteiger charge is -2.09. The van der Waals surface area contributed by atoms with Crippen molar-refractivity contribution in [2.24, 2.45) is 0 Å². The third-order valence-corrected chi connectivity index (χ3v) is 3.02. The van der Waals surface area contributed by atoms with Crippen molar-refractivity contribution in [2.45, 2.75) is 13.3 Å². The van der Waals surface area contributed by atoms with Crippen molar-refractivity contribution in [1.29, 1.82) is 0 Å². The van der Waals surface area contributed by atoms with Gasteiger partial charge in [-0.25, -0.2) is 0 Å². The molecule has 1 unspecified atom stereocenters. The highest BCUT2D eigenvalue weighted by molar-refractivity contribution is 7.58. The Bertz CT molecular complexity index is 143. The largest absolute Gasteiger partial charge is 0.329 e. The van der Waals surface area contributed by atoms with Gasteiger partial charge in [-0.3, -0.25) is 4.57 Å².